The molecule has 0 bridgehead atoms. The molecule has 0 aliphatic rings. The zero-order chi connectivity index (χ0) is 22.3. The molecule has 10 heteroatoms. The van der Waals surface area contributed by atoms with E-state index in [1.165, 1.54) is 17.0 Å². The van der Waals surface area contributed by atoms with Crippen LogP contribution in [0.4, 0.5) is 23.7 Å². The Morgan fingerprint density at radius 3 is 2.43 bits per heavy atom. The highest BCUT2D eigenvalue weighted by atomic mass is 35.5. The lowest BCUT2D eigenvalue weighted by Crippen LogP contribution is -2.35. The van der Waals surface area contributed by atoms with E-state index in [4.69, 9.17) is 16.3 Å². The summed E-state index contributed by atoms with van der Waals surface area (Å²) in [6.45, 7) is 0.790. The van der Waals surface area contributed by atoms with Crippen LogP contribution in [-0.2, 0) is 0 Å². The summed E-state index contributed by atoms with van der Waals surface area (Å²) in [6, 6.07) is 10.6. The van der Waals surface area contributed by atoms with Gasteiger partial charge in [0.1, 0.15) is 18.9 Å². The predicted octanol–water partition coefficient (Wildman–Crippen LogP) is 4.48. The first-order valence-electron chi connectivity index (χ1n) is 8.91. The van der Waals surface area contributed by atoms with E-state index >= 15 is 0 Å². The van der Waals surface area contributed by atoms with Crippen LogP contribution >= 0.6 is 11.6 Å². The van der Waals surface area contributed by atoms with Crippen LogP contribution in [0.1, 0.15) is 15.9 Å². The molecule has 0 aromatic heterocycles. The average molecular weight is 444 g/mol. The third kappa shape index (κ3) is 7.47. The molecule has 2 N–H and O–H groups in total. The Balaban J connectivity index is 1.91. The van der Waals surface area contributed by atoms with Gasteiger partial charge >= 0.3 is 12.2 Å². The van der Waals surface area contributed by atoms with Crippen LogP contribution in [-0.4, -0.2) is 49.8 Å². The maximum Gasteiger partial charge on any atom is 0.405 e. The number of aryl methyl sites for hydroxylation is 1. The summed E-state index contributed by atoms with van der Waals surface area (Å²) in [7, 11) is 1.57. The molecule has 162 valence electrons. The Kier molecular flexibility index (Phi) is 7.93. The molecule has 0 radical (unpaired) electrons. The predicted molar refractivity (Wildman–Crippen MR) is 108 cm³/mol. The monoisotopic (exact) mass is 443 g/mol. The summed E-state index contributed by atoms with van der Waals surface area (Å²) in [5.74, 6) is -0.269. The molecular weight excluding hydrogens is 423 g/mol. The van der Waals surface area contributed by atoms with Crippen LogP contribution in [0.15, 0.2) is 42.5 Å². The molecule has 6 nitrogen and oxygen atoms in total. The van der Waals surface area contributed by atoms with Gasteiger partial charge in [-0.3, -0.25) is 4.79 Å². The summed E-state index contributed by atoms with van der Waals surface area (Å²) in [5, 5.41) is 5.03. The molecular formula is C20H21ClF3N3O3. The van der Waals surface area contributed by atoms with Crippen molar-refractivity contribution in [3.05, 3.63) is 58.6 Å². The number of hydrogen-bond donors (Lipinski definition) is 2. The molecule has 0 aliphatic heterocycles. The van der Waals surface area contributed by atoms with Crippen molar-refractivity contribution in [3.63, 3.8) is 0 Å². The fraction of sp³-hybridized carbons (Fsp3) is 0.300. The fourth-order valence-electron chi connectivity index (χ4n) is 2.32. The number of carbonyl (C=O) groups is 2. The number of alkyl halides is 3. The van der Waals surface area contributed by atoms with Gasteiger partial charge in [0.2, 0.25) is 0 Å². The van der Waals surface area contributed by atoms with Crippen LogP contribution in [0, 0.1) is 6.92 Å². The second kappa shape index (κ2) is 10.2. The van der Waals surface area contributed by atoms with E-state index < -0.39 is 24.7 Å². The normalized spacial score (nSPS) is 11.0. The number of ether oxygens (including phenoxy) is 1. The van der Waals surface area contributed by atoms with E-state index in [1.807, 2.05) is 0 Å². The number of rotatable bonds is 7. The molecule has 0 spiro atoms. The second-order valence-corrected chi connectivity index (χ2v) is 6.92. The van der Waals surface area contributed by atoms with Crippen molar-refractivity contribution in [1.29, 1.82) is 0 Å². The molecule has 3 amide bonds. The molecule has 2 rings (SSSR count). The number of halogens is 4. The van der Waals surface area contributed by atoms with E-state index in [0.29, 0.717) is 22.0 Å². The van der Waals surface area contributed by atoms with Gasteiger partial charge in [0.15, 0.2) is 0 Å². The van der Waals surface area contributed by atoms with E-state index in [9.17, 15) is 22.8 Å². The number of nitrogens with zero attached hydrogens (tertiary/aromatic N) is 1. The van der Waals surface area contributed by atoms with E-state index in [1.54, 1.807) is 49.6 Å². The number of amides is 3. The molecule has 0 saturated heterocycles. The second-order valence-electron chi connectivity index (χ2n) is 6.48. The van der Waals surface area contributed by atoms with Crippen molar-refractivity contribution in [3.8, 4) is 5.75 Å². The van der Waals surface area contributed by atoms with Gasteiger partial charge in [-0.1, -0.05) is 17.7 Å². The number of urea groups is 1. The first kappa shape index (κ1) is 23.3. The first-order valence-corrected chi connectivity index (χ1v) is 9.29. The largest absolute Gasteiger partial charge is 0.492 e. The molecule has 0 aliphatic carbocycles. The zero-order valence-corrected chi connectivity index (χ0v) is 17.1. The first-order chi connectivity index (χ1) is 14.0. The van der Waals surface area contributed by atoms with Gasteiger partial charge in [-0.2, -0.15) is 13.2 Å². The smallest absolute Gasteiger partial charge is 0.405 e. The van der Waals surface area contributed by atoms with Gasteiger partial charge in [-0.05, 0) is 48.9 Å². The molecule has 2 aromatic carbocycles. The molecule has 0 atom stereocenters. The number of likely N-dealkylation sites (N-methyl/N-ethyl adjacent to an activating group) is 1. The van der Waals surface area contributed by atoms with Crippen molar-refractivity contribution in [2.24, 2.45) is 0 Å². The minimum atomic E-state index is -4.51. The number of nitrogens with one attached hydrogen (secondary N) is 2. The highest BCUT2D eigenvalue weighted by molar-refractivity contribution is 6.30. The standard InChI is InChI=1S/C20H21ClF3N3O3/c1-13-3-4-14(18(28)25-12-20(22,23)24)11-17(13)26-19(29)27(2)9-10-30-16-7-5-15(21)6-8-16/h3-8,11H,9-10,12H2,1-2H3,(H,25,28)(H,26,29). The van der Waals surface area contributed by atoms with Crippen molar-refractivity contribution in [1.82, 2.24) is 10.2 Å². The Labute approximate surface area is 177 Å². The van der Waals surface area contributed by atoms with Crippen LogP contribution in [0.3, 0.4) is 0 Å². The maximum absolute atomic E-state index is 12.4. The summed E-state index contributed by atoms with van der Waals surface area (Å²) in [4.78, 5) is 25.7. The van der Waals surface area contributed by atoms with Crippen LogP contribution in [0.2, 0.25) is 5.02 Å². The molecule has 30 heavy (non-hydrogen) atoms. The number of carbonyl (C=O) groups excluding carboxylic acids is 2. The molecule has 0 heterocycles. The van der Waals surface area contributed by atoms with Crippen molar-refractivity contribution >= 4 is 29.2 Å². The lowest BCUT2D eigenvalue weighted by atomic mass is 10.1. The summed E-state index contributed by atoms with van der Waals surface area (Å²) >= 11 is 5.80. The van der Waals surface area contributed by atoms with E-state index in [-0.39, 0.29) is 18.7 Å². The van der Waals surface area contributed by atoms with Crippen LogP contribution in [0.5, 0.6) is 5.75 Å². The molecule has 2 aromatic rings. The van der Waals surface area contributed by atoms with Crippen LogP contribution in [0.25, 0.3) is 0 Å². The Bertz CT molecular complexity index is 889. The lowest BCUT2D eigenvalue weighted by molar-refractivity contribution is -0.123. The van der Waals surface area contributed by atoms with Gasteiger partial charge in [0.05, 0.1) is 6.54 Å². The Morgan fingerprint density at radius 2 is 1.80 bits per heavy atom. The Morgan fingerprint density at radius 1 is 1.13 bits per heavy atom. The van der Waals surface area contributed by atoms with Crippen LogP contribution < -0.4 is 15.4 Å². The number of benzene rings is 2. The number of hydrogen-bond acceptors (Lipinski definition) is 3. The van der Waals surface area contributed by atoms with Gasteiger partial charge in [-0.15, -0.1) is 0 Å². The number of anilines is 1. The molecule has 0 fully saturated rings. The van der Waals surface area contributed by atoms with Gasteiger partial charge in [0, 0.05) is 23.3 Å². The van der Waals surface area contributed by atoms with Gasteiger partial charge in [0.25, 0.3) is 5.91 Å². The summed E-state index contributed by atoms with van der Waals surface area (Å²) in [5.41, 5.74) is 0.987. The third-order valence-corrected chi connectivity index (χ3v) is 4.30. The zero-order valence-electron chi connectivity index (χ0n) is 16.3. The summed E-state index contributed by atoms with van der Waals surface area (Å²) < 4.78 is 42.3. The van der Waals surface area contributed by atoms with Crippen molar-refractivity contribution in [2.45, 2.75) is 13.1 Å². The van der Waals surface area contributed by atoms with Gasteiger partial charge in [-0.25, -0.2) is 4.79 Å². The Hall–Kier alpha value is -2.94. The highest BCUT2D eigenvalue weighted by Crippen LogP contribution is 2.19. The van der Waals surface area contributed by atoms with Crippen molar-refractivity contribution < 1.29 is 27.5 Å². The minimum absolute atomic E-state index is 0.00822. The SMILES string of the molecule is Cc1ccc(C(=O)NCC(F)(F)F)cc1NC(=O)N(C)CCOc1ccc(Cl)cc1. The maximum atomic E-state index is 12.4. The minimum Gasteiger partial charge on any atom is -0.492 e. The average Bonchev–Trinajstić information content (AvgIpc) is 2.68. The van der Waals surface area contributed by atoms with E-state index in [0.717, 1.165) is 0 Å². The van der Waals surface area contributed by atoms with Gasteiger partial charge < -0.3 is 20.3 Å². The quantitative estimate of drug-likeness (QED) is 0.662. The van der Waals surface area contributed by atoms with Crippen molar-refractivity contribution in [2.75, 3.05) is 32.1 Å². The lowest BCUT2D eigenvalue weighted by Gasteiger charge is -2.19. The topological polar surface area (TPSA) is 70.7 Å². The molecule has 0 saturated carbocycles. The summed E-state index contributed by atoms with van der Waals surface area (Å²) in [6.07, 6.45) is -4.51. The molecule has 0 unspecified atom stereocenters. The highest BCUT2D eigenvalue weighted by Gasteiger charge is 2.28. The fourth-order valence-corrected chi connectivity index (χ4v) is 2.45. The van der Waals surface area contributed by atoms with E-state index in [2.05, 4.69) is 5.32 Å². The third-order valence-electron chi connectivity index (χ3n) is 4.05.